The van der Waals surface area contributed by atoms with Crippen molar-refractivity contribution < 1.29 is 4.79 Å². The maximum absolute atomic E-state index is 8.81. The summed E-state index contributed by atoms with van der Waals surface area (Å²) in [6.07, 6.45) is 0.750. The molecule has 1 heterocycles. The van der Waals surface area contributed by atoms with Crippen molar-refractivity contribution in [3.8, 4) is 0 Å². The molecule has 0 spiro atoms. The summed E-state index contributed by atoms with van der Waals surface area (Å²) in [5, 5.41) is 0. The smallest absolute Gasteiger partial charge is 0.116 e. The summed E-state index contributed by atoms with van der Waals surface area (Å²) in [5.74, 6) is 0. The van der Waals surface area contributed by atoms with Gasteiger partial charge in [0.2, 0.25) is 0 Å². The van der Waals surface area contributed by atoms with E-state index in [2.05, 4.69) is 18.0 Å². The fourth-order valence-electron chi connectivity index (χ4n) is 0.756. The Morgan fingerprint density at radius 2 is 1.75 bits per heavy atom. The zero-order chi connectivity index (χ0) is 9.56. The molecule has 0 aliphatic heterocycles. The van der Waals surface area contributed by atoms with Crippen molar-refractivity contribution in [1.82, 2.24) is 4.98 Å². The first-order valence-corrected chi connectivity index (χ1v) is 3.92. The van der Waals surface area contributed by atoms with E-state index in [0.717, 1.165) is 17.7 Å². The monoisotopic (exact) mass is 165 g/mol. The maximum Gasteiger partial charge on any atom is 0.116 e. The van der Waals surface area contributed by atoms with Crippen LogP contribution in [-0.4, -0.2) is 11.3 Å². The molecule has 0 amide bonds. The second-order valence-electron chi connectivity index (χ2n) is 2.59. The Bertz CT molecular complexity index is 256. The quantitative estimate of drug-likeness (QED) is 0.552. The molecule has 0 aliphatic rings. The molecule has 0 bridgehead atoms. The van der Waals surface area contributed by atoms with Gasteiger partial charge in [-0.15, -0.1) is 0 Å². The molecular formula is C10H15NO. The summed E-state index contributed by atoms with van der Waals surface area (Å²) in [6.45, 7) is 7.55. The number of aldehydes is 1. The summed E-state index contributed by atoms with van der Waals surface area (Å²) >= 11 is 0. The van der Waals surface area contributed by atoms with E-state index in [4.69, 9.17) is 4.79 Å². The molecule has 0 unspecified atom stereocenters. The lowest BCUT2D eigenvalue weighted by Gasteiger charge is -1.97. The highest BCUT2D eigenvalue weighted by Gasteiger charge is 1.90. The molecule has 1 rings (SSSR count). The third kappa shape index (κ3) is 3.86. The predicted molar refractivity (Wildman–Crippen MR) is 50.2 cm³/mol. The second-order valence-corrected chi connectivity index (χ2v) is 2.59. The third-order valence-corrected chi connectivity index (χ3v) is 1.49. The summed E-state index contributed by atoms with van der Waals surface area (Å²) in [4.78, 5) is 13.1. The molecule has 0 saturated carbocycles. The van der Waals surface area contributed by atoms with Crippen LogP contribution in [0, 0.1) is 20.8 Å². The molecule has 12 heavy (non-hydrogen) atoms. The molecule has 0 radical (unpaired) electrons. The number of pyridine rings is 1. The highest BCUT2D eigenvalue weighted by molar-refractivity contribution is 5.44. The van der Waals surface area contributed by atoms with Gasteiger partial charge in [-0.3, -0.25) is 4.98 Å². The lowest BCUT2D eigenvalue weighted by molar-refractivity contribution is -0.106. The van der Waals surface area contributed by atoms with E-state index >= 15 is 0 Å². The normalized spacial score (nSPS) is 8.33. The highest BCUT2D eigenvalue weighted by Crippen LogP contribution is 2.02. The van der Waals surface area contributed by atoms with Gasteiger partial charge in [0.25, 0.3) is 0 Å². The number of carbonyl (C=O) groups is 1. The van der Waals surface area contributed by atoms with E-state index in [1.807, 2.05) is 19.9 Å². The molecule has 2 heteroatoms. The fourth-order valence-corrected chi connectivity index (χ4v) is 0.756. The van der Waals surface area contributed by atoms with Crippen molar-refractivity contribution >= 4 is 6.29 Å². The fraction of sp³-hybridized carbons (Fsp3) is 0.400. The maximum atomic E-state index is 8.81. The van der Waals surface area contributed by atoms with E-state index in [9.17, 15) is 0 Å². The van der Waals surface area contributed by atoms with Gasteiger partial charge >= 0.3 is 0 Å². The molecule has 1 aromatic rings. The first-order chi connectivity index (χ1) is 5.61. The van der Waals surface area contributed by atoms with E-state index in [0.29, 0.717) is 0 Å². The van der Waals surface area contributed by atoms with Crippen LogP contribution in [0.15, 0.2) is 12.1 Å². The van der Waals surface area contributed by atoms with Crippen molar-refractivity contribution in [2.24, 2.45) is 0 Å². The Labute approximate surface area is 73.6 Å². The lowest BCUT2D eigenvalue weighted by Crippen LogP contribution is -1.87. The molecule has 1 aromatic heterocycles. The van der Waals surface area contributed by atoms with Crippen LogP contribution in [-0.2, 0) is 4.79 Å². The summed E-state index contributed by atoms with van der Waals surface area (Å²) < 4.78 is 0. The van der Waals surface area contributed by atoms with Crippen LogP contribution in [0.5, 0.6) is 0 Å². The highest BCUT2D eigenvalue weighted by atomic mass is 16.1. The van der Waals surface area contributed by atoms with Crippen LogP contribution in [0.3, 0.4) is 0 Å². The Balaban J connectivity index is 0.000000354. The average Bonchev–Trinajstić information content (AvgIpc) is 1.99. The molecule has 0 aliphatic carbocycles. The standard InChI is InChI=1S/C8H11N.C2H4O/c1-6-4-5-7(2)9-8(6)3;1-2-3/h4-5H,1-3H3;2H,1H3. The van der Waals surface area contributed by atoms with Gasteiger partial charge in [0.1, 0.15) is 6.29 Å². The van der Waals surface area contributed by atoms with Crippen molar-refractivity contribution in [1.29, 1.82) is 0 Å². The van der Waals surface area contributed by atoms with Gasteiger partial charge in [-0.2, -0.15) is 0 Å². The minimum atomic E-state index is 0.750. The molecule has 2 nitrogen and oxygen atoms in total. The molecular weight excluding hydrogens is 150 g/mol. The van der Waals surface area contributed by atoms with Crippen molar-refractivity contribution in [2.75, 3.05) is 0 Å². The van der Waals surface area contributed by atoms with E-state index in [-0.39, 0.29) is 0 Å². The number of aromatic nitrogens is 1. The van der Waals surface area contributed by atoms with Gasteiger partial charge in [-0.05, 0) is 39.3 Å². The third-order valence-electron chi connectivity index (χ3n) is 1.49. The van der Waals surface area contributed by atoms with Gasteiger partial charge in [-0.1, -0.05) is 6.07 Å². The molecule has 0 atom stereocenters. The SMILES string of the molecule is CC=O.Cc1ccc(C)c(C)n1. The van der Waals surface area contributed by atoms with Crippen LogP contribution in [0.4, 0.5) is 0 Å². The number of hydrogen-bond acceptors (Lipinski definition) is 2. The summed E-state index contributed by atoms with van der Waals surface area (Å²) in [5.41, 5.74) is 3.49. The minimum absolute atomic E-state index is 0.750. The average molecular weight is 165 g/mol. The molecule has 0 N–H and O–H groups in total. The Kier molecular flexibility index (Phi) is 4.93. The molecule has 0 saturated heterocycles. The number of rotatable bonds is 0. The Morgan fingerprint density at radius 1 is 1.25 bits per heavy atom. The van der Waals surface area contributed by atoms with Gasteiger partial charge < -0.3 is 4.79 Å². The summed E-state index contributed by atoms with van der Waals surface area (Å²) in [6, 6.07) is 4.12. The van der Waals surface area contributed by atoms with Crippen molar-refractivity contribution in [3.63, 3.8) is 0 Å². The Morgan fingerprint density at radius 3 is 2.08 bits per heavy atom. The minimum Gasteiger partial charge on any atom is -0.304 e. The topological polar surface area (TPSA) is 30.0 Å². The van der Waals surface area contributed by atoms with Crippen LogP contribution in [0.1, 0.15) is 23.9 Å². The van der Waals surface area contributed by atoms with Gasteiger partial charge in [0, 0.05) is 11.4 Å². The van der Waals surface area contributed by atoms with Gasteiger partial charge in [0.05, 0.1) is 0 Å². The first-order valence-electron chi connectivity index (χ1n) is 3.92. The number of hydrogen-bond donors (Lipinski definition) is 0. The zero-order valence-corrected chi connectivity index (χ0v) is 8.09. The van der Waals surface area contributed by atoms with Crippen LogP contribution >= 0.6 is 0 Å². The van der Waals surface area contributed by atoms with E-state index in [1.165, 1.54) is 12.5 Å². The number of aryl methyl sites for hydroxylation is 3. The first kappa shape index (κ1) is 10.8. The molecule has 66 valence electrons. The molecule has 0 fully saturated rings. The van der Waals surface area contributed by atoms with Gasteiger partial charge in [0.15, 0.2) is 0 Å². The van der Waals surface area contributed by atoms with Crippen LogP contribution in [0.25, 0.3) is 0 Å². The predicted octanol–water partition coefficient (Wildman–Crippen LogP) is 2.21. The number of nitrogens with zero attached hydrogens (tertiary/aromatic N) is 1. The van der Waals surface area contributed by atoms with Crippen molar-refractivity contribution in [2.45, 2.75) is 27.7 Å². The molecule has 0 aromatic carbocycles. The summed E-state index contributed by atoms with van der Waals surface area (Å²) in [7, 11) is 0. The second kappa shape index (κ2) is 5.47. The van der Waals surface area contributed by atoms with Crippen LogP contribution < -0.4 is 0 Å². The van der Waals surface area contributed by atoms with E-state index in [1.54, 1.807) is 0 Å². The Hall–Kier alpha value is -1.18. The van der Waals surface area contributed by atoms with Crippen molar-refractivity contribution in [3.05, 3.63) is 29.1 Å². The van der Waals surface area contributed by atoms with Gasteiger partial charge in [-0.25, -0.2) is 0 Å². The largest absolute Gasteiger partial charge is 0.304 e. The lowest BCUT2D eigenvalue weighted by atomic mass is 10.2. The van der Waals surface area contributed by atoms with Crippen LogP contribution in [0.2, 0.25) is 0 Å². The van der Waals surface area contributed by atoms with E-state index < -0.39 is 0 Å². The number of carbonyl (C=O) groups excluding carboxylic acids is 1. The zero-order valence-electron chi connectivity index (χ0n) is 8.09.